The molecule has 0 amide bonds. The Labute approximate surface area is 189 Å². The number of rotatable bonds is 8. The van der Waals surface area contributed by atoms with E-state index < -0.39 is 54.2 Å². The highest BCUT2D eigenvalue weighted by molar-refractivity contribution is 7.66. The molecule has 7 N–H and O–H groups in total. The van der Waals surface area contributed by atoms with E-state index in [0.717, 1.165) is 10.9 Å². The first-order valence-electron chi connectivity index (χ1n) is 8.76. The first-order valence-corrected chi connectivity index (χ1v) is 13.3. The summed E-state index contributed by atoms with van der Waals surface area (Å²) < 4.78 is 67.9. The van der Waals surface area contributed by atoms with E-state index in [0.29, 0.717) is 0 Å². The van der Waals surface area contributed by atoms with Crippen LogP contribution in [0.2, 0.25) is 0 Å². The van der Waals surface area contributed by atoms with Crippen molar-refractivity contribution < 1.29 is 60.6 Å². The van der Waals surface area contributed by atoms with Gasteiger partial charge in [0.25, 0.3) is 0 Å². The molecule has 1 aliphatic rings. The Balaban J connectivity index is 1.83. The average Bonchev–Trinajstić information content (AvgIpc) is 3.17. The summed E-state index contributed by atoms with van der Waals surface area (Å²) in [6.07, 6.45) is -3.18. The summed E-state index contributed by atoms with van der Waals surface area (Å²) in [6.45, 7) is 0.166. The van der Waals surface area contributed by atoms with Gasteiger partial charge in [-0.25, -0.2) is 28.1 Å². The second-order valence-electron chi connectivity index (χ2n) is 6.59. The maximum absolute atomic E-state index is 15.8. The molecule has 2 aromatic rings. The molecule has 1 fully saturated rings. The van der Waals surface area contributed by atoms with E-state index in [4.69, 9.17) is 20.3 Å². The normalized spacial score (nSPS) is 28.7. The third-order valence-corrected chi connectivity index (χ3v) is 7.97. The molecule has 0 aromatic carbocycles. The van der Waals surface area contributed by atoms with Gasteiger partial charge < -0.3 is 35.2 Å². The van der Waals surface area contributed by atoms with E-state index in [1.165, 1.54) is 13.1 Å². The second-order valence-corrected chi connectivity index (χ2v) is 11.0. The van der Waals surface area contributed by atoms with Crippen LogP contribution in [-0.2, 0) is 31.6 Å². The SMILES string of the molecule is CC#C[C@@]1(F)C(O)[C@@H](COP(=O)(O)OP(=O)(O)OP(=O)(O)O)O[C@H]1n1cnc2cnc(N)nc21. The predicted octanol–water partition coefficient (Wildman–Crippen LogP) is -0.258. The van der Waals surface area contributed by atoms with Gasteiger partial charge in [0.2, 0.25) is 11.6 Å². The number of fused-ring (bicyclic) bond motifs is 1. The van der Waals surface area contributed by atoms with Crippen LogP contribution < -0.4 is 5.73 Å². The number of aliphatic hydroxyl groups excluding tert-OH is 1. The summed E-state index contributed by atoms with van der Waals surface area (Å²) in [6, 6.07) is 0. The number of hydrogen-bond donors (Lipinski definition) is 6. The average molecular weight is 547 g/mol. The molecule has 0 spiro atoms. The Bertz CT molecular complexity index is 1290. The first kappa shape index (κ1) is 26.8. The van der Waals surface area contributed by atoms with Crippen LogP contribution in [0, 0.1) is 11.8 Å². The Hall–Kier alpha value is -1.83. The van der Waals surface area contributed by atoms with Crippen molar-refractivity contribution in [3.63, 3.8) is 0 Å². The van der Waals surface area contributed by atoms with Crippen molar-refractivity contribution in [2.24, 2.45) is 0 Å². The molecule has 0 bridgehead atoms. The molecule has 0 radical (unpaired) electrons. The van der Waals surface area contributed by atoms with E-state index >= 15 is 4.39 Å². The van der Waals surface area contributed by atoms with E-state index in [2.05, 4.69) is 39.9 Å². The zero-order valence-corrected chi connectivity index (χ0v) is 19.5. The number of imidazole rings is 1. The van der Waals surface area contributed by atoms with Crippen molar-refractivity contribution in [2.75, 3.05) is 12.3 Å². The number of aliphatic hydroxyl groups is 1. The molecule has 17 nitrogen and oxygen atoms in total. The van der Waals surface area contributed by atoms with Crippen molar-refractivity contribution in [3.8, 4) is 11.8 Å². The molecular weight excluding hydrogens is 530 g/mol. The highest BCUT2D eigenvalue weighted by atomic mass is 31.3. The number of phosphoric ester groups is 1. The van der Waals surface area contributed by atoms with Crippen molar-refractivity contribution in [2.45, 2.75) is 31.0 Å². The molecule has 1 saturated heterocycles. The van der Waals surface area contributed by atoms with Crippen LogP contribution in [0.25, 0.3) is 11.2 Å². The maximum Gasteiger partial charge on any atom is 0.490 e. The van der Waals surface area contributed by atoms with Gasteiger partial charge in [0, 0.05) is 0 Å². The monoisotopic (exact) mass is 547 g/mol. The molecule has 1 aliphatic heterocycles. The summed E-state index contributed by atoms with van der Waals surface area (Å²) in [5.41, 5.74) is 2.92. The van der Waals surface area contributed by atoms with Gasteiger partial charge in [-0.2, -0.15) is 13.6 Å². The summed E-state index contributed by atoms with van der Waals surface area (Å²) in [4.78, 5) is 47.5. The molecular formula is C13H17FN5O12P3. The standard InChI is InChI=1S/C13H17FN5O12P3/c1-2-3-13(14)9(20)8(5-28-33(24,25)31-34(26,27)30-32(21,22)23)29-11(13)19-6-17-7-4-16-12(15)18-10(7)19/h4,6,8-9,11,20H,5H2,1H3,(H,24,25)(H,26,27)(H2,15,16,18)(H2,21,22,23)/t8-,9?,11-,13-/m1/s1. The zero-order chi connectivity index (χ0) is 25.5. The smallest absolute Gasteiger partial charge is 0.386 e. The number of ether oxygens (including phenoxy) is 1. The van der Waals surface area contributed by atoms with Crippen LogP contribution in [0.3, 0.4) is 0 Å². The number of anilines is 1. The third kappa shape index (κ3) is 5.86. The Morgan fingerprint density at radius 2 is 1.91 bits per heavy atom. The van der Waals surface area contributed by atoms with Crippen LogP contribution in [0.5, 0.6) is 0 Å². The van der Waals surface area contributed by atoms with E-state index in [1.807, 2.05) is 0 Å². The van der Waals surface area contributed by atoms with E-state index in [9.17, 15) is 28.6 Å². The van der Waals surface area contributed by atoms with Gasteiger partial charge in [-0.1, -0.05) is 5.92 Å². The van der Waals surface area contributed by atoms with E-state index in [1.54, 1.807) is 0 Å². The summed E-state index contributed by atoms with van der Waals surface area (Å²) in [5, 5.41) is 10.5. The molecule has 0 saturated carbocycles. The number of nitrogens with two attached hydrogens (primary N) is 1. The van der Waals surface area contributed by atoms with Gasteiger partial charge in [0.1, 0.15) is 17.7 Å². The molecule has 3 unspecified atom stereocenters. The predicted molar refractivity (Wildman–Crippen MR) is 107 cm³/mol. The van der Waals surface area contributed by atoms with Crippen molar-refractivity contribution in [1.82, 2.24) is 19.5 Å². The zero-order valence-electron chi connectivity index (χ0n) is 16.8. The molecule has 188 valence electrons. The number of alkyl halides is 1. The maximum atomic E-state index is 15.8. The molecule has 34 heavy (non-hydrogen) atoms. The Morgan fingerprint density at radius 1 is 1.24 bits per heavy atom. The van der Waals surface area contributed by atoms with Crippen LogP contribution in [0.1, 0.15) is 13.2 Å². The van der Waals surface area contributed by atoms with Gasteiger partial charge in [-0.15, -0.1) is 5.92 Å². The fraction of sp³-hybridized carbons (Fsp3) is 0.462. The number of phosphoric acid groups is 3. The van der Waals surface area contributed by atoms with Crippen molar-refractivity contribution >= 4 is 40.6 Å². The summed E-state index contributed by atoms with van der Waals surface area (Å²) in [5.74, 6) is 4.27. The Kier molecular flexibility index (Phi) is 7.34. The largest absolute Gasteiger partial charge is 0.490 e. The minimum atomic E-state index is -5.77. The summed E-state index contributed by atoms with van der Waals surface area (Å²) in [7, 11) is -16.9. The minimum absolute atomic E-state index is 0.0122. The molecule has 21 heteroatoms. The van der Waals surface area contributed by atoms with Gasteiger partial charge in [-0.05, 0) is 6.92 Å². The minimum Gasteiger partial charge on any atom is -0.386 e. The lowest BCUT2D eigenvalue weighted by Crippen LogP contribution is -2.42. The van der Waals surface area contributed by atoms with Gasteiger partial charge >= 0.3 is 23.5 Å². The lowest BCUT2D eigenvalue weighted by atomic mass is 9.96. The molecule has 2 aromatic heterocycles. The number of halogens is 1. The number of nitrogens with zero attached hydrogens (tertiary/aromatic N) is 4. The van der Waals surface area contributed by atoms with Crippen LogP contribution >= 0.6 is 23.5 Å². The lowest BCUT2D eigenvalue weighted by Gasteiger charge is -2.23. The lowest BCUT2D eigenvalue weighted by molar-refractivity contribution is -0.0496. The van der Waals surface area contributed by atoms with Crippen LogP contribution in [0.15, 0.2) is 12.5 Å². The fourth-order valence-corrected chi connectivity index (χ4v) is 5.99. The third-order valence-electron chi connectivity index (χ3n) is 4.17. The number of hydrogen-bond acceptors (Lipinski definition) is 12. The number of aromatic nitrogens is 4. The molecule has 3 heterocycles. The van der Waals surface area contributed by atoms with Crippen LogP contribution in [-0.4, -0.2) is 68.7 Å². The highest BCUT2D eigenvalue weighted by Crippen LogP contribution is 2.66. The highest BCUT2D eigenvalue weighted by Gasteiger charge is 2.58. The van der Waals surface area contributed by atoms with Crippen LogP contribution in [0.4, 0.5) is 10.3 Å². The fourth-order valence-electron chi connectivity index (χ4n) is 2.96. The first-order chi connectivity index (χ1) is 15.6. The molecule has 3 rings (SSSR count). The van der Waals surface area contributed by atoms with Gasteiger partial charge in [0.05, 0.1) is 19.1 Å². The molecule has 0 aliphatic carbocycles. The Morgan fingerprint density at radius 3 is 2.53 bits per heavy atom. The topological polar surface area (TPSA) is 259 Å². The number of nitrogen functional groups attached to an aromatic ring is 1. The van der Waals surface area contributed by atoms with E-state index in [-0.39, 0.29) is 17.1 Å². The van der Waals surface area contributed by atoms with Crippen molar-refractivity contribution in [3.05, 3.63) is 12.5 Å². The second kappa shape index (κ2) is 9.32. The van der Waals surface area contributed by atoms with Gasteiger partial charge in [0.15, 0.2) is 11.9 Å². The van der Waals surface area contributed by atoms with Gasteiger partial charge in [-0.3, -0.25) is 9.09 Å². The quantitative estimate of drug-likeness (QED) is 0.184. The van der Waals surface area contributed by atoms with Crippen molar-refractivity contribution in [1.29, 1.82) is 0 Å². The summed E-state index contributed by atoms with van der Waals surface area (Å²) >= 11 is 0. The molecule has 6 atom stereocenters.